The third-order valence-electron chi connectivity index (χ3n) is 2.95. The van der Waals surface area contributed by atoms with Gasteiger partial charge in [0.25, 0.3) is 0 Å². The van der Waals surface area contributed by atoms with E-state index >= 15 is 0 Å². The number of amides is 1. The number of ether oxygens (including phenoxy) is 1. The van der Waals surface area contributed by atoms with E-state index in [1.165, 1.54) is 27.7 Å². The van der Waals surface area contributed by atoms with E-state index in [1.807, 2.05) is 0 Å². The van der Waals surface area contributed by atoms with Crippen LogP contribution in [0.5, 0.6) is 0 Å². The lowest BCUT2D eigenvalue weighted by atomic mass is 10.00. The number of carboxylic acid groups (broad SMARTS) is 1. The number of tetrazole rings is 1. The average molecular weight is 299 g/mol. The van der Waals surface area contributed by atoms with E-state index in [0.717, 1.165) is 0 Å². The molecular formula is C9H9N5O5S. The summed E-state index contributed by atoms with van der Waals surface area (Å²) in [5.41, 5.74) is 0. The molecule has 2 atom stereocenters. The number of nitrogens with zero attached hydrogens (tertiary/aromatic N) is 5. The van der Waals surface area contributed by atoms with E-state index < -0.39 is 12.1 Å². The van der Waals surface area contributed by atoms with Crippen LogP contribution in [0.3, 0.4) is 0 Å². The quantitative estimate of drug-likeness (QED) is 0.534. The third kappa shape index (κ3) is 1.91. The lowest BCUT2D eigenvalue weighted by Gasteiger charge is -2.40. The highest BCUT2D eigenvalue weighted by Crippen LogP contribution is 2.49. The van der Waals surface area contributed by atoms with E-state index in [4.69, 9.17) is 10.2 Å². The standard InChI is InChI=1S/C9H9N5O5S/c15-2-4-6(16)14-7(19-9(17)18)5(20-8(4)14)1-13-3-10-11-12-13/h3-4,8,15H,1-2H2,(H,17,18)/t4-,8+/m0/s1. The number of thioether (sulfide) groups is 1. The Kier molecular flexibility index (Phi) is 3.06. The Balaban J connectivity index is 1.87. The van der Waals surface area contributed by atoms with Crippen LogP contribution in [0.2, 0.25) is 0 Å². The second-order valence-corrected chi connectivity index (χ2v) is 5.32. The Morgan fingerprint density at radius 2 is 2.35 bits per heavy atom. The summed E-state index contributed by atoms with van der Waals surface area (Å²) in [5.74, 6) is -0.926. The number of hydrogen-bond acceptors (Lipinski definition) is 8. The molecule has 0 radical (unpaired) electrons. The molecular weight excluding hydrogens is 290 g/mol. The van der Waals surface area contributed by atoms with Crippen molar-refractivity contribution in [1.82, 2.24) is 25.1 Å². The van der Waals surface area contributed by atoms with Crippen molar-refractivity contribution in [2.24, 2.45) is 5.92 Å². The number of aliphatic hydroxyl groups excluding tert-OH is 1. The van der Waals surface area contributed by atoms with Crippen molar-refractivity contribution in [3.63, 3.8) is 0 Å². The molecule has 1 fully saturated rings. The molecule has 0 aromatic carbocycles. The van der Waals surface area contributed by atoms with Gasteiger partial charge >= 0.3 is 6.16 Å². The summed E-state index contributed by atoms with van der Waals surface area (Å²) in [6.07, 6.45) is -0.136. The average Bonchev–Trinajstić information content (AvgIpc) is 2.98. The molecule has 11 heteroatoms. The minimum atomic E-state index is -1.50. The van der Waals surface area contributed by atoms with Crippen molar-refractivity contribution in [1.29, 1.82) is 0 Å². The molecule has 2 N–H and O–H groups in total. The molecule has 3 heterocycles. The molecule has 1 aromatic heterocycles. The first-order chi connectivity index (χ1) is 9.61. The molecule has 0 aliphatic carbocycles. The Bertz CT molecular complexity index is 588. The van der Waals surface area contributed by atoms with E-state index in [0.29, 0.717) is 4.91 Å². The molecule has 0 spiro atoms. The largest absolute Gasteiger partial charge is 0.512 e. The topological polar surface area (TPSA) is 131 Å². The van der Waals surface area contributed by atoms with E-state index in [1.54, 1.807) is 0 Å². The summed E-state index contributed by atoms with van der Waals surface area (Å²) in [6, 6.07) is 0. The van der Waals surface area contributed by atoms with Gasteiger partial charge in [-0.25, -0.2) is 9.48 Å². The van der Waals surface area contributed by atoms with E-state index in [2.05, 4.69) is 20.3 Å². The molecule has 1 aromatic rings. The van der Waals surface area contributed by atoms with Crippen molar-refractivity contribution in [2.45, 2.75) is 11.9 Å². The first kappa shape index (κ1) is 12.9. The number of aromatic nitrogens is 4. The molecule has 0 unspecified atom stereocenters. The maximum atomic E-state index is 11.8. The summed E-state index contributed by atoms with van der Waals surface area (Å²) < 4.78 is 6.07. The van der Waals surface area contributed by atoms with Crippen LogP contribution in [0.1, 0.15) is 0 Å². The van der Waals surface area contributed by atoms with Gasteiger partial charge in [-0.15, -0.1) is 5.10 Å². The number of allylic oxidation sites excluding steroid dienone is 1. The molecule has 2 aliphatic rings. The number of carbonyl (C=O) groups is 2. The zero-order valence-corrected chi connectivity index (χ0v) is 10.7. The fraction of sp³-hybridized carbons (Fsp3) is 0.444. The molecule has 0 bridgehead atoms. The number of β-lactam (4-membered cyclic amide) rings is 1. The van der Waals surface area contributed by atoms with Gasteiger partial charge in [-0.3, -0.25) is 9.69 Å². The lowest BCUT2D eigenvalue weighted by Crippen LogP contribution is -2.58. The van der Waals surface area contributed by atoms with Gasteiger partial charge in [0.1, 0.15) is 11.7 Å². The molecule has 2 aliphatic heterocycles. The molecule has 3 rings (SSSR count). The predicted octanol–water partition coefficient (Wildman–Crippen LogP) is -0.940. The van der Waals surface area contributed by atoms with Crippen molar-refractivity contribution in [2.75, 3.05) is 6.61 Å². The van der Waals surface area contributed by atoms with Gasteiger partial charge in [-0.05, 0) is 10.4 Å². The molecule has 10 nitrogen and oxygen atoms in total. The van der Waals surface area contributed by atoms with Crippen LogP contribution in [-0.4, -0.2) is 59.4 Å². The summed E-state index contributed by atoms with van der Waals surface area (Å²) in [6.45, 7) is -0.0930. The number of hydrogen-bond donors (Lipinski definition) is 2. The van der Waals surface area contributed by atoms with Crippen molar-refractivity contribution < 1.29 is 24.5 Å². The van der Waals surface area contributed by atoms with Gasteiger partial charge < -0.3 is 14.9 Å². The minimum absolute atomic E-state index is 0.0299. The normalized spacial score (nSPS) is 24.6. The first-order valence-electron chi connectivity index (χ1n) is 5.57. The van der Waals surface area contributed by atoms with Crippen LogP contribution >= 0.6 is 11.8 Å². The van der Waals surface area contributed by atoms with Gasteiger partial charge in [-0.1, -0.05) is 11.8 Å². The zero-order chi connectivity index (χ0) is 14.3. The van der Waals surface area contributed by atoms with Gasteiger partial charge in [0, 0.05) is 0 Å². The number of fused-ring (bicyclic) bond motifs is 1. The predicted molar refractivity (Wildman–Crippen MR) is 62.8 cm³/mol. The molecule has 106 valence electrons. The Hall–Kier alpha value is -2.14. The minimum Gasteiger partial charge on any atom is -0.449 e. The van der Waals surface area contributed by atoms with Crippen LogP contribution < -0.4 is 0 Å². The number of carbonyl (C=O) groups excluding carboxylic acids is 1. The zero-order valence-electron chi connectivity index (χ0n) is 9.91. The molecule has 1 saturated heterocycles. The maximum absolute atomic E-state index is 11.8. The summed E-state index contributed by atoms with van der Waals surface area (Å²) in [5, 5.41) is 28.2. The molecule has 0 saturated carbocycles. The Morgan fingerprint density at radius 1 is 1.55 bits per heavy atom. The van der Waals surface area contributed by atoms with Crippen LogP contribution in [0, 0.1) is 5.92 Å². The molecule has 20 heavy (non-hydrogen) atoms. The van der Waals surface area contributed by atoms with Crippen LogP contribution in [0.4, 0.5) is 4.79 Å². The van der Waals surface area contributed by atoms with E-state index in [9.17, 15) is 9.59 Å². The van der Waals surface area contributed by atoms with Gasteiger partial charge in [0.2, 0.25) is 11.8 Å². The summed E-state index contributed by atoms with van der Waals surface area (Å²) in [4.78, 5) is 24.3. The van der Waals surface area contributed by atoms with Gasteiger partial charge in [0.05, 0.1) is 24.0 Å². The summed E-state index contributed by atoms with van der Waals surface area (Å²) >= 11 is 1.27. The van der Waals surface area contributed by atoms with E-state index in [-0.39, 0.29) is 30.3 Å². The number of aliphatic hydroxyl groups is 1. The SMILES string of the molecule is O=C(O)OC1=C(Cn2cnnn2)S[C@@H]2[C@@H](CO)C(=O)N12. The fourth-order valence-electron chi connectivity index (χ4n) is 2.07. The Labute approximate surface area is 116 Å². The van der Waals surface area contributed by atoms with Crippen molar-refractivity contribution in [3.05, 3.63) is 17.1 Å². The van der Waals surface area contributed by atoms with Crippen molar-refractivity contribution in [3.8, 4) is 0 Å². The smallest absolute Gasteiger partial charge is 0.449 e. The third-order valence-corrected chi connectivity index (χ3v) is 4.32. The van der Waals surface area contributed by atoms with Crippen LogP contribution in [-0.2, 0) is 16.1 Å². The highest BCUT2D eigenvalue weighted by Gasteiger charge is 2.55. The highest BCUT2D eigenvalue weighted by atomic mass is 32.2. The second kappa shape index (κ2) is 4.76. The monoisotopic (exact) mass is 299 g/mol. The maximum Gasteiger partial charge on any atom is 0.512 e. The highest BCUT2D eigenvalue weighted by molar-refractivity contribution is 8.04. The number of rotatable bonds is 4. The van der Waals surface area contributed by atoms with Gasteiger partial charge in [0.15, 0.2) is 0 Å². The summed E-state index contributed by atoms with van der Waals surface area (Å²) in [7, 11) is 0. The van der Waals surface area contributed by atoms with Gasteiger partial charge in [-0.2, -0.15) is 0 Å². The van der Waals surface area contributed by atoms with Crippen LogP contribution in [0.25, 0.3) is 0 Å². The van der Waals surface area contributed by atoms with Crippen LogP contribution in [0.15, 0.2) is 17.1 Å². The second-order valence-electron chi connectivity index (χ2n) is 4.11. The molecule has 1 amide bonds. The first-order valence-corrected chi connectivity index (χ1v) is 6.45. The lowest BCUT2D eigenvalue weighted by molar-refractivity contribution is -0.151. The fourth-order valence-corrected chi connectivity index (χ4v) is 3.48. The van der Waals surface area contributed by atoms with Crippen molar-refractivity contribution >= 4 is 23.8 Å². The Morgan fingerprint density at radius 3 is 2.95 bits per heavy atom.